The molecule has 1 amide bonds. The maximum absolute atomic E-state index is 14.4. The fraction of sp³-hybridized carbons (Fsp3) is 0.278. The molecule has 29 heavy (non-hydrogen) atoms. The molecule has 1 aromatic heterocycles. The maximum atomic E-state index is 14.4. The maximum Gasteiger partial charge on any atom is 0.417 e. The number of nitrogens with two attached hydrogens (primary N) is 1. The summed E-state index contributed by atoms with van der Waals surface area (Å²) in [6, 6.07) is 4.53. The second-order valence-corrected chi connectivity index (χ2v) is 8.05. The van der Waals surface area contributed by atoms with Gasteiger partial charge in [0.05, 0.1) is 16.1 Å². The summed E-state index contributed by atoms with van der Waals surface area (Å²) in [6.45, 7) is 1.73. The SMILES string of the molecule is C[C@@]1(c2cc(NC(=O)c3ncc(C(F)(F)F)cc3Cl)ccc2F)CCSC(N)=N1. The summed E-state index contributed by atoms with van der Waals surface area (Å²) >= 11 is 7.17. The average molecular weight is 447 g/mol. The molecule has 11 heteroatoms. The van der Waals surface area contributed by atoms with Gasteiger partial charge in [-0.2, -0.15) is 13.2 Å². The summed E-state index contributed by atoms with van der Waals surface area (Å²) in [6.07, 6.45) is -3.57. The highest BCUT2D eigenvalue weighted by Gasteiger charge is 2.33. The summed E-state index contributed by atoms with van der Waals surface area (Å²) in [5.41, 5.74) is 3.88. The Hall–Kier alpha value is -2.33. The van der Waals surface area contributed by atoms with Gasteiger partial charge < -0.3 is 11.1 Å². The van der Waals surface area contributed by atoms with Crippen LogP contribution in [0.1, 0.15) is 35.0 Å². The van der Waals surface area contributed by atoms with Crippen LogP contribution in [0, 0.1) is 5.82 Å². The van der Waals surface area contributed by atoms with E-state index in [1.165, 1.54) is 30.0 Å². The van der Waals surface area contributed by atoms with Gasteiger partial charge >= 0.3 is 6.18 Å². The number of carbonyl (C=O) groups excluding carboxylic acids is 1. The van der Waals surface area contributed by atoms with Crippen molar-refractivity contribution in [2.75, 3.05) is 11.1 Å². The van der Waals surface area contributed by atoms with E-state index >= 15 is 0 Å². The largest absolute Gasteiger partial charge is 0.417 e. The Bertz CT molecular complexity index is 998. The number of amides is 1. The molecule has 3 N–H and O–H groups in total. The zero-order valence-corrected chi connectivity index (χ0v) is 16.6. The number of carbonyl (C=O) groups is 1. The normalized spacial score (nSPS) is 19.6. The van der Waals surface area contributed by atoms with Gasteiger partial charge in [0.1, 0.15) is 11.5 Å². The van der Waals surface area contributed by atoms with Crippen LogP contribution in [0.4, 0.5) is 23.2 Å². The molecule has 0 unspecified atom stereocenters. The van der Waals surface area contributed by atoms with E-state index in [4.69, 9.17) is 17.3 Å². The van der Waals surface area contributed by atoms with Crippen LogP contribution in [0.25, 0.3) is 0 Å². The molecule has 0 aliphatic carbocycles. The number of amidine groups is 1. The number of pyridine rings is 1. The van der Waals surface area contributed by atoms with Crippen molar-refractivity contribution in [2.24, 2.45) is 10.7 Å². The summed E-state index contributed by atoms with van der Waals surface area (Å²) in [5.74, 6) is -0.680. The molecule has 5 nitrogen and oxygen atoms in total. The monoisotopic (exact) mass is 446 g/mol. The zero-order valence-electron chi connectivity index (χ0n) is 15.0. The van der Waals surface area contributed by atoms with Gasteiger partial charge in [0, 0.05) is 23.2 Å². The molecular weight excluding hydrogens is 432 g/mol. The fourth-order valence-corrected chi connectivity index (χ4v) is 4.07. The smallest absolute Gasteiger partial charge is 0.379 e. The van der Waals surface area contributed by atoms with Crippen LogP contribution in [0.3, 0.4) is 0 Å². The Morgan fingerprint density at radius 1 is 1.34 bits per heavy atom. The molecule has 0 saturated heterocycles. The molecule has 0 spiro atoms. The van der Waals surface area contributed by atoms with Crippen LogP contribution in [0.5, 0.6) is 0 Å². The quantitative estimate of drug-likeness (QED) is 0.663. The molecule has 0 fully saturated rings. The summed E-state index contributed by atoms with van der Waals surface area (Å²) in [7, 11) is 0. The number of alkyl halides is 3. The number of anilines is 1. The number of nitrogens with one attached hydrogen (secondary N) is 1. The van der Waals surface area contributed by atoms with E-state index in [1.54, 1.807) is 6.92 Å². The highest BCUT2D eigenvalue weighted by molar-refractivity contribution is 8.13. The van der Waals surface area contributed by atoms with Crippen molar-refractivity contribution in [3.63, 3.8) is 0 Å². The van der Waals surface area contributed by atoms with Crippen molar-refractivity contribution < 1.29 is 22.4 Å². The number of aliphatic imine (C=N–C) groups is 1. The lowest BCUT2D eigenvalue weighted by Crippen LogP contribution is -2.29. The van der Waals surface area contributed by atoms with E-state index in [9.17, 15) is 22.4 Å². The lowest BCUT2D eigenvalue weighted by molar-refractivity contribution is -0.137. The fourth-order valence-electron chi connectivity index (χ4n) is 2.85. The van der Waals surface area contributed by atoms with E-state index in [-0.39, 0.29) is 16.9 Å². The Labute approximate surface area is 172 Å². The predicted molar refractivity (Wildman–Crippen MR) is 105 cm³/mol. The van der Waals surface area contributed by atoms with E-state index in [0.29, 0.717) is 29.6 Å². The van der Waals surface area contributed by atoms with Gasteiger partial charge in [-0.1, -0.05) is 23.4 Å². The zero-order chi connectivity index (χ0) is 21.4. The predicted octanol–water partition coefficient (Wildman–Crippen LogP) is 4.81. The average Bonchev–Trinajstić information content (AvgIpc) is 2.62. The van der Waals surface area contributed by atoms with Gasteiger partial charge in [0.15, 0.2) is 5.17 Å². The van der Waals surface area contributed by atoms with Crippen molar-refractivity contribution in [2.45, 2.75) is 25.1 Å². The van der Waals surface area contributed by atoms with Crippen LogP contribution < -0.4 is 11.1 Å². The Morgan fingerprint density at radius 3 is 2.69 bits per heavy atom. The van der Waals surface area contributed by atoms with E-state index in [0.717, 1.165) is 0 Å². The molecule has 0 bridgehead atoms. The molecule has 154 valence electrons. The third kappa shape index (κ3) is 4.64. The molecular formula is C18H15ClF4N4OS. The lowest BCUT2D eigenvalue weighted by Gasteiger charge is -2.30. The minimum Gasteiger partial charge on any atom is -0.379 e. The van der Waals surface area contributed by atoms with E-state index < -0.39 is 34.0 Å². The van der Waals surface area contributed by atoms with Gasteiger partial charge in [-0.3, -0.25) is 9.79 Å². The molecule has 2 heterocycles. The first-order chi connectivity index (χ1) is 13.5. The molecule has 1 aromatic carbocycles. The van der Waals surface area contributed by atoms with Gasteiger partial charge in [0.25, 0.3) is 5.91 Å². The van der Waals surface area contributed by atoms with Gasteiger partial charge in [0.2, 0.25) is 0 Å². The number of aromatic nitrogens is 1. The van der Waals surface area contributed by atoms with E-state index in [1.807, 2.05) is 0 Å². The first-order valence-electron chi connectivity index (χ1n) is 8.32. The minimum atomic E-state index is -4.63. The first kappa shape index (κ1) is 21.4. The molecule has 0 saturated carbocycles. The van der Waals surface area contributed by atoms with Crippen molar-refractivity contribution in [3.05, 3.63) is 58.1 Å². The molecule has 2 aromatic rings. The van der Waals surface area contributed by atoms with Crippen LogP contribution in [-0.4, -0.2) is 21.8 Å². The highest BCUT2D eigenvalue weighted by atomic mass is 35.5. The van der Waals surface area contributed by atoms with Crippen LogP contribution in [0.15, 0.2) is 35.5 Å². The number of hydrogen-bond donors (Lipinski definition) is 2. The van der Waals surface area contributed by atoms with E-state index in [2.05, 4.69) is 15.3 Å². The topological polar surface area (TPSA) is 80.4 Å². The molecule has 1 aliphatic rings. The van der Waals surface area contributed by atoms with Crippen molar-refractivity contribution in [1.29, 1.82) is 0 Å². The number of halogens is 5. The Kier molecular flexibility index (Phi) is 5.77. The highest BCUT2D eigenvalue weighted by Crippen LogP contribution is 2.37. The van der Waals surface area contributed by atoms with Crippen molar-refractivity contribution in [1.82, 2.24) is 4.98 Å². The molecule has 0 radical (unpaired) electrons. The first-order valence-corrected chi connectivity index (χ1v) is 9.68. The van der Waals surface area contributed by atoms with Gasteiger partial charge in [-0.25, -0.2) is 9.37 Å². The van der Waals surface area contributed by atoms with Crippen molar-refractivity contribution >= 4 is 40.1 Å². The lowest BCUT2D eigenvalue weighted by atomic mass is 9.89. The molecule has 1 aliphatic heterocycles. The van der Waals surface area contributed by atoms with Gasteiger partial charge in [-0.15, -0.1) is 0 Å². The number of rotatable bonds is 3. The van der Waals surface area contributed by atoms with Gasteiger partial charge in [-0.05, 0) is 37.6 Å². The van der Waals surface area contributed by atoms with Crippen LogP contribution >= 0.6 is 23.4 Å². The summed E-state index contributed by atoms with van der Waals surface area (Å²) in [4.78, 5) is 20.3. The molecule has 1 atom stereocenters. The number of nitrogens with zero attached hydrogens (tertiary/aromatic N) is 2. The third-order valence-electron chi connectivity index (χ3n) is 4.38. The number of hydrogen-bond acceptors (Lipinski definition) is 5. The Balaban J connectivity index is 1.88. The second kappa shape index (κ2) is 7.83. The standard InChI is InChI=1S/C18H15ClF4N4OS/c1-17(4-5-29-16(24)27-17)11-7-10(2-3-13(11)20)26-15(28)14-12(19)6-9(8-25-14)18(21,22)23/h2-3,6-8H,4-5H2,1H3,(H2,24,27)(H,26,28)/t17-/m0/s1. The Morgan fingerprint density at radius 2 is 2.07 bits per heavy atom. The number of thioether (sulfide) groups is 1. The van der Waals surface area contributed by atoms with Crippen LogP contribution in [0.2, 0.25) is 5.02 Å². The summed E-state index contributed by atoms with van der Waals surface area (Å²) < 4.78 is 52.6. The number of benzene rings is 1. The van der Waals surface area contributed by atoms with Crippen LogP contribution in [-0.2, 0) is 11.7 Å². The second-order valence-electron chi connectivity index (χ2n) is 6.52. The summed E-state index contributed by atoms with van der Waals surface area (Å²) in [5, 5.41) is 2.36. The van der Waals surface area contributed by atoms with Crippen molar-refractivity contribution in [3.8, 4) is 0 Å². The third-order valence-corrected chi connectivity index (χ3v) is 5.47. The minimum absolute atomic E-state index is 0.220. The molecule has 3 rings (SSSR count).